The van der Waals surface area contributed by atoms with Gasteiger partial charge in [-0.1, -0.05) is 0 Å². The van der Waals surface area contributed by atoms with E-state index in [0.29, 0.717) is 5.75 Å². The van der Waals surface area contributed by atoms with Crippen molar-refractivity contribution in [3.63, 3.8) is 0 Å². The van der Waals surface area contributed by atoms with Crippen molar-refractivity contribution < 1.29 is 13.2 Å². The first-order valence-electron chi connectivity index (χ1n) is 5.91. The van der Waals surface area contributed by atoms with Crippen molar-refractivity contribution in [1.82, 2.24) is 4.72 Å². The molecule has 1 aromatic heterocycles. The Bertz CT molecular complexity index is 708. The summed E-state index contributed by atoms with van der Waals surface area (Å²) in [4.78, 5) is 2.16. The van der Waals surface area contributed by atoms with Crippen LogP contribution in [0.15, 0.2) is 35.2 Å². The molecule has 0 unspecified atom stereocenters. The molecule has 0 atom stereocenters. The zero-order chi connectivity index (χ0) is 14.8. The molecule has 7 heteroatoms. The molecule has 5 nitrogen and oxygen atoms in total. The summed E-state index contributed by atoms with van der Waals surface area (Å²) < 4.78 is 32.0. The fourth-order valence-electron chi connectivity index (χ4n) is 1.72. The Labute approximate surface area is 122 Å². The maximum absolute atomic E-state index is 12.2. The van der Waals surface area contributed by atoms with Gasteiger partial charge in [0.25, 0.3) is 0 Å². The zero-order valence-corrected chi connectivity index (χ0v) is 12.8. The van der Waals surface area contributed by atoms with Crippen LogP contribution in [0.5, 0.6) is 5.75 Å². The van der Waals surface area contributed by atoms with Crippen LogP contribution in [0.1, 0.15) is 9.75 Å². The Morgan fingerprint density at radius 2 is 2.05 bits per heavy atom. The lowest BCUT2D eigenvalue weighted by Crippen LogP contribution is -2.23. The molecule has 20 heavy (non-hydrogen) atoms. The van der Waals surface area contributed by atoms with Gasteiger partial charge in [-0.25, -0.2) is 13.1 Å². The van der Waals surface area contributed by atoms with Gasteiger partial charge in [0.05, 0.1) is 12.8 Å². The van der Waals surface area contributed by atoms with Gasteiger partial charge >= 0.3 is 0 Å². The second kappa shape index (κ2) is 5.82. The van der Waals surface area contributed by atoms with Crippen LogP contribution in [-0.2, 0) is 16.6 Å². The molecule has 0 fully saturated rings. The number of methoxy groups -OCH3 is 1. The summed E-state index contributed by atoms with van der Waals surface area (Å²) in [6.07, 6.45) is 0. The van der Waals surface area contributed by atoms with Crippen LogP contribution in [0.4, 0.5) is 5.69 Å². The quantitative estimate of drug-likeness (QED) is 0.829. The van der Waals surface area contributed by atoms with E-state index in [1.807, 2.05) is 19.1 Å². The van der Waals surface area contributed by atoms with Crippen LogP contribution in [0.25, 0.3) is 0 Å². The fourth-order valence-corrected chi connectivity index (χ4v) is 3.76. The third-order valence-corrected chi connectivity index (χ3v) is 5.21. The van der Waals surface area contributed by atoms with E-state index in [2.05, 4.69) is 4.72 Å². The maximum atomic E-state index is 12.2. The van der Waals surface area contributed by atoms with E-state index in [1.54, 1.807) is 17.4 Å². The van der Waals surface area contributed by atoms with E-state index in [1.165, 1.54) is 19.2 Å². The molecule has 0 bridgehead atoms. The normalized spacial score (nSPS) is 11.5. The first-order valence-corrected chi connectivity index (χ1v) is 8.21. The molecule has 0 amide bonds. The van der Waals surface area contributed by atoms with Crippen molar-refractivity contribution in [2.24, 2.45) is 0 Å². The summed E-state index contributed by atoms with van der Waals surface area (Å²) in [6.45, 7) is 2.23. The average Bonchev–Trinajstić information content (AvgIpc) is 2.82. The van der Waals surface area contributed by atoms with E-state index in [9.17, 15) is 8.42 Å². The predicted molar refractivity (Wildman–Crippen MR) is 80.5 cm³/mol. The van der Waals surface area contributed by atoms with Crippen molar-refractivity contribution >= 4 is 27.0 Å². The Morgan fingerprint density at radius 3 is 2.60 bits per heavy atom. The molecule has 0 aliphatic rings. The minimum atomic E-state index is -3.63. The lowest BCUT2D eigenvalue weighted by atomic mass is 10.3. The van der Waals surface area contributed by atoms with Gasteiger partial charge in [-0.2, -0.15) is 0 Å². The van der Waals surface area contributed by atoms with Crippen LogP contribution in [-0.4, -0.2) is 15.5 Å². The molecule has 0 saturated heterocycles. The molecule has 0 radical (unpaired) electrons. The third-order valence-electron chi connectivity index (χ3n) is 2.74. The summed E-state index contributed by atoms with van der Waals surface area (Å²) >= 11 is 1.56. The molecule has 108 valence electrons. The van der Waals surface area contributed by atoms with Crippen molar-refractivity contribution in [3.05, 3.63) is 40.1 Å². The zero-order valence-electron chi connectivity index (χ0n) is 11.2. The number of rotatable bonds is 5. The number of nitrogen functional groups attached to an aromatic ring is 1. The summed E-state index contributed by atoms with van der Waals surface area (Å²) in [5, 5.41) is 0. The van der Waals surface area contributed by atoms with Gasteiger partial charge in [0.15, 0.2) is 0 Å². The van der Waals surface area contributed by atoms with Crippen molar-refractivity contribution in [2.45, 2.75) is 18.4 Å². The average molecular weight is 312 g/mol. The molecule has 0 aliphatic heterocycles. The number of thiophene rings is 1. The highest BCUT2D eigenvalue weighted by Gasteiger charge is 2.17. The summed E-state index contributed by atoms with van der Waals surface area (Å²) in [7, 11) is -2.13. The maximum Gasteiger partial charge on any atom is 0.242 e. The summed E-state index contributed by atoms with van der Waals surface area (Å²) in [5.74, 6) is 0.523. The number of nitrogens with two attached hydrogens (primary N) is 1. The first-order chi connectivity index (χ1) is 9.42. The Balaban J connectivity index is 2.18. The van der Waals surface area contributed by atoms with Gasteiger partial charge in [0.2, 0.25) is 10.0 Å². The van der Waals surface area contributed by atoms with Crippen LogP contribution < -0.4 is 15.2 Å². The van der Waals surface area contributed by atoms with Gasteiger partial charge in [0, 0.05) is 22.4 Å². The number of hydrogen-bond acceptors (Lipinski definition) is 5. The second-order valence-corrected chi connectivity index (χ2v) is 7.35. The van der Waals surface area contributed by atoms with Gasteiger partial charge < -0.3 is 10.5 Å². The SMILES string of the molecule is COc1ccc(S(=O)(=O)NCc2ccc(C)s2)c(N)c1. The van der Waals surface area contributed by atoms with Crippen LogP contribution >= 0.6 is 11.3 Å². The number of anilines is 1. The lowest BCUT2D eigenvalue weighted by Gasteiger charge is -2.09. The molecule has 0 saturated carbocycles. The van der Waals surface area contributed by atoms with E-state index in [0.717, 1.165) is 9.75 Å². The van der Waals surface area contributed by atoms with Gasteiger partial charge in [-0.15, -0.1) is 11.3 Å². The standard InChI is InChI=1S/C13H16N2O3S2/c1-9-3-5-11(19-9)8-15-20(16,17)13-6-4-10(18-2)7-12(13)14/h3-7,15H,8,14H2,1-2H3. The highest BCUT2D eigenvalue weighted by molar-refractivity contribution is 7.89. The lowest BCUT2D eigenvalue weighted by molar-refractivity contribution is 0.414. The second-order valence-electron chi connectivity index (χ2n) is 4.24. The summed E-state index contributed by atoms with van der Waals surface area (Å²) in [6, 6.07) is 8.36. The van der Waals surface area contributed by atoms with Crippen molar-refractivity contribution in [2.75, 3.05) is 12.8 Å². The third kappa shape index (κ3) is 3.30. The van der Waals surface area contributed by atoms with E-state index < -0.39 is 10.0 Å². The predicted octanol–water partition coefficient (Wildman–Crippen LogP) is 2.13. The van der Waals surface area contributed by atoms with Gasteiger partial charge in [-0.05, 0) is 31.2 Å². The number of benzene rings is 1. The topological polar surface area (TPSA) is 81.4 Å². The smallest absolute Gasteiger partial charge is 0.242 e. The monoisotopic (exact) mass is 312 g/mol. The number of ether oxygens (including phenoxy) is 1. The number of sulfonamides is 1. The number of nitrogens with one attached hydrogen (secondary N) is 1. The molecule has 0 aliphatic carbocycles. The van der Waals surface area contributed by atoms with E-state index >= 15 is 0 Å². The van der Waals surface area contributed by atoms with Gasteiger partial charge in [0.1, 0.15) is 10.6 Å². The van der Waals surface area contributed by atoms with Crippen molar-refractivity contribution in [1.29, 1.82) is 0 Å². The Kier molecular flexibility index (Phi) is 4.32. The molecule has 1 heterocycles. The minimum Gasteiger partial charge on any atom is -0.497 e. The molecular formula is C13H16N2O3S2. The van der Waals surface area contributed by atoms with Crippen LogP contribution in [0.2, 0.25) is 0 Å². The molecule has 0 spiro atoms. The molecule has 1 aromatic carbocycles. The molecular weight excluding hydrogens is 296 g/mol. The van der Waals surface area contributed by atoms with Gasteiger partial charge in [-0.3, -0.25) is 0 Å². The van der Waals surface area contributed by atoms with E-state index in [4.69, 9.17) is 10.5 Å². The highest BCUT2D eigenvalue weighted by Crippen LogP contribution is 2.24. The Hall–Kier alpha value is -1.57. The molecule has 2 aromatic rings. The molecule has 2 rings (SSSR count). The first kappa shape index (κ1) is 14.8. The van der Waals surface area contributed by atoms with Crippen LogP contribution in [0, 0.1) is 6.92 Å². The Morgan fingerprint density at radius 1 is 1.30 bits per heavy atom. The molecule has 3 N–H and O–H groups in total. The number of hydrogen-bond donors (Lipinski definition) is 2. The number of aryl methyl sites for hydroxylation is 1. The van der Waals surface area contributed by atoms with Crippen molar-refractivity contribution in [3.8, 4) is 5.75 Å². The minimum absolute atomic E-state index is 0.0616. The largest absolute Gasteiger partial charge is 0.497 e. The van der Waals surface area contributed by atoms with Crippen LogP contribution in [0.3, 0.4) is 0 Å². The van der Waals surface area contributed by atoms with E-state index in [-0.39, 0.29) is 17.1 Å². The summed E-state index contributed by atoms with van der Waals surface area (Å²) in [5.41, 5.74) is 5.93. The fraction of sp³-hybridized carbons (Fsp3) is 0.231. The highest BCUT2D eigenvalue weighted by atomic mass is 32.2.